The van der Waals surface area contributed by atoms with Crippen LogP contribution in [0.3, 0.4) is 0 Å². The molecular weight excluding hydrogens is 294 g/mol. The number of carbonyl (C=O) groups excluding carboxylic acids is 1. The van der Waals surface area contributed by atoms with E-state index in [-0.39, 0.29) is 5.91 Å². The van der Waals surface area contributed by atoms with E-state index >= 15 is 0 Å². The molecule has 1 aromatic carbocycles. The first-order chi connectivity index (χ1) is 10.7. The molecule has 0 unspecified atom stereocenters. The van der Waals surface area contributed by atoms with Gasteiger partial charge in [-0.3, -0.25) is 4.79 Å². The van der Waals surface area contributed by atoms with Gasteiger partial charge in [0.15, 0.2) is 0 Å². The number of benzene rings is 1. The topological polar surface area (TPSA) is 29.5 Å². The van der Waals surface area contributed by atoms with Gasteiger partial charge in [0, 0.05) is 10.9 Å². The van der Waals surface area contributed by atoms with Crippen LogP contribution in [0.4, 0.5) is 0 Å². The normalized spacial score (nSPS) is 15.1. The Morgan fingerprint density at radius 1 is 1.32 bits per heavy atom. The minimum atomic E-state index is 0.144. The Labute approximate surface area is 137 Å². The van der Waals surface area contributed by atoms with Crippen molar-refractivity contribution in [2.75, 3.05) is 19.4 Å². The van der Waals surface area contributed by atoms with Crippen molar-refractivity contribution >= 4 is 17.7 Å². The molecule has 1 amide bonds. The van der Waals surface area contributed by atoms with Crippen molar-refractivity contribution in [2.45, 2.75) is 43.0 Å². The van der Waals surface area contributed by atoms with E-state index in [0.29, 0.717) is 18.3 Å². The van der Waals surface area contributed by atoms with E-state index < -0.39 is 0 Å². The second-order valence-corrected chi connectivity index (χ2v) is 6.53. The Morgan fingerprint density at radius 2 is 2.00 bits per heavy atom. The summed E-state index contributed by atoms with van der Waals surface area (Å²) < 4.78 is 5.14. The smallest absolute Gasteiger partial charge is 0.233 e. The van der Waals surface area contributed by atoms with Gasteiger partial charge >= 0.3 is 0 Å². The molecule has 1 aromatic rings. The van der Waals surface area contributed by atoms with Crippen LogP contribution in [0.1, 0.15) is 32.1 Å². The Hall–Kier alpha value is -1.60. The molecule has 4 heteroatoms. The molecule has 0 aliphatic heterocycles. The molecule has 3 nitrogen and oxygen atoms in total. The molecule has 1 aliphatic carbocycles. The van der Waals surface area contributed by atoms with Crippen LogP contribution in [0, 0.1) is 12.3 Å². The van der Waals surface area contributed by atoms with Crippen LogP contribution < -0.4 is 4.74 Å². The van der Waals surface area contributed by atoms with E-state index in [2.05, 4.69) is 5.92 Å². The third-order valence-corrected chi connectivity index (χ3v) is 5.02. The highest BCUT2D eigenvalue weighted by atomic mass is 32.2. The van der Waals surface area contributed by atoms with Crippen molar-refractivity contribution in [1.29, 1.82) is 0 Å². The molecule has 22 heavy (non-hydrogen) atoms. The van der Waals surface area contributed by atoms with Crippen LogP contribution in [0.2, 0.25) is 0 Å². The van der Waals surface area contributed by atoms with Gasteiger partial charge in [-0.1, -0.05) is 25.2 Å². The molecule has 0 radical (unpaired) electrons. The van der Waals surface area contributed by atoms with Gasteiger partial charge in [0.05, 0.1) is 19.4 Å². The van der Waals surface area contributed by atoms with E-state index in [1.807, 2.05) is 29.2 Å². The largest absolute Gasteiger partial charge is 0.497 e. The first-order valence-electron chi connectivity index (χ1n) is 7.74. The highest BCUT2D eigenvalue weighted by Gasteiger charge is 2.24. The number of amides is 1. The minimum Gasteiger partial charge on any atom is -0.497 e. The van der Waals surface area contributed by atoms with Crippen LogP contribution in [-0.2, 0) is 4.79 Å². The molecule has 0 atom stereocenters. The van der Waals surface area contributed by atoms with Crippen molar-refractivity contribution in [1.82, 2.24) is 4.90 Å². The number of nitrogens with zero attached hydrogens (tertiary/aromatic N) is 1. The Bertz CT molecular complexity index is 515. The van der Waals surface area contributed by atoms with Crippen LogP contribution in [0.15, 0.2) is 29.2 Å². The number of terminal acetylenes is 1. The van der Waals surface area contributed by atoms with E-state index in [1.54, 1.807) is 18.9 Å². The maximum Gasteiger partial charge on any atom is 0.233 e. The van der Waals surface area contributed by atoms with Gasteiger partial charge in [0.25, 0.3) is 0 Å². The molecule has 0 heterocycles. The lowest BCUT2D eigenvalue weighted by Gasteiger charge is -2.33. The van der Waals surface area contributed by atoms with E-state index in [4.69, 9.17) is 11.2 Å². The van der Waals surface area contributed by atoms with Crippen LogP contribution in [-0.4, -0.2) is 36.3 Å². The van der Waals surface area contributed by atoms with E-state index in [1.165, 1.54) is 19.3 Å². The van der Waals surface area contributed by atoms with Crippen LogP contribution >= 0.6 is 11.8 Å². The lowest BCUT2D eigenvalue weighted by Crippen LogP contribution is -2.42. The Morgan fingerprint density at radius 3 is 2.59 bits per heavy atom. The van der Waals surface area contributed by atoms with Crippen molar-refractivity contribution in [3.63, 3.8) is 0 Å². The zero-order valence-corrected chi connectivity index (χ0v) is 13.9. The quantitative estimate of drug-likeness (QED) is 0.593. The molecule has 1 aliphatic rings. The minimum absolute atomic E-state index is 0.144. The average molecular weight is 317 g/mol. The van der Waals surface area contributed by atoms with Gasteiger partial charge in [0.2, 0.25) is 5.91 Å². The van der Waals surface area contributed by atoms with Crippen molar-refractivity contribution in [3.05, 3.63) is 24.3 Å². The summed E-state index contributed by atoms with van der Waals surface area (Å²) in [6.07, 6.45) is 11.3. The van der Waals surface area contributed by atoms with Gasteiger partial charge in [-0.15, -0.1) is 18.2 Å². The summed E-state index contributed by atoms with van der Waals surface area (Å²) in [6, 6.07) is 8.10. The third kappa shape index (κ3) is 4.71. The predicted molar refractivity (Wildman–Crippen MR) is 91.1 cm³/mol. The standard InChI is InChI=1S/C18H23NO2S/c1-3-13-19(15-7-5-4-6-8-15)18(20)14-22-17-11-9-16(21-2)10-12-17/h1,9-12,15H,4-8,13-14H2,2H3. The number of methoxy groups -OCH3 is 1. The second kappa shape index (κ2) is 8.75. The Balaban J connectivity index is 1.91. The summed E-state index contributed by atoms with van der Waals surface area (Å²) >= 11 is 1.55. The molecular formula is C18H23NO2S. The van der Waals surface area contributed by atoms with Crippen LogP contribution in [0.25, 0.3) is 0 Å². The summed E-state index contributed by atoms with van der Waals surface area (Å²) in [5, 5.41) is 0. The Kier molecular flexibility index (Phi) is 6.67. The summed E-state index contributed by atoms with van der Waals surface area (Å²) in [5.74, 6) is 4.04. The molecule has 0 saturated heterocycles. The first kappa shape index (κ1) is 16.8. The fraction of sp³-hybridized carbons (Fsp3) is 0.500. The fourth-order valence-corrected chi connectivity index (χ4v) is 3.60. The van der Waals surface area contributed by atoms with Crippen molar-refractivity contribution in [3.8, 4) is 18.1 Å². The zero-order chi connectivity index (χ0) is 15.8. The number of hydrogen-bond donors (Lipinski definition) is 0. The predicted octanol–water partition coefficient (Wildman–Crippen LogP) is 3.58. The monoisotopic (exact) mass is 317 g/mol. The fourth-order valence-electron chi connectivity index (χ4n) is 2.81. The molecule has 118 valence electrons. The molecule has 1 fully saturated rings. The summed E-state index contributed by atoms with van der Waals surface area (Å²) in [4.78, 5) is 15.5. The maximum atomic E-state index is 12.5. The summed E-state index contributed by atoms with van der Waals surface area (Å²) in [6.45, 7) is 0.423. The van der Waals surface area contributed by atoms with Crippen molar-refractivity contribution in [2.24, 2.45) is 0 Å². The lowest BCUT2D eigenvalue weighted by atomic mass is 9.94. The van der Waals surface area contributed by atoms with Gasteiger partial charge < -0.3 is 9.64 Å². The highest BCUT2D eigenvalue weighted by molar-refractivity contribution is 8.00. The summed E-state index contributed by atoms with van der Waals surface area (Å²) in [5.41, 5.74) is 0. The molecule has 0 bridgehead atoms. The third-order valence-electron chi connectivity index (χ3n) is 4.02. The van der Waals surface area contributed by atoms with Gasteiger partial charge in [0.1, 0.15) is 5.75 Å². The SMILES string of the molecule is C#CCN(C(=O)CSc1ccc(OC)cc1)C1CCCCC1. The molecule has 1 saturated carbocycles. The number of carbonyl (C=O) groups is 1. The summed E-state index contributed by atoms with van der Waals surface area (Å²) in [7, 11) is 1.65. The molecule has 0 N–H and O–H groups in total. The number of rotatable bonds is 6. The highest BCUT2D eigenvalue weighted by Crippen LogP contribution is 2.25. The second-order valence-electron chi connectivity index (χ2n) is 5.48. The van der Waals surface area contributed by atoms with E-state index in [0.717, 1.165) is 23.5 Å². The molecule has 0 aromatic heterocycles. The van der Waals surface area contributed by atoms with Crippen molar-refractivity contribution < 1.29 is 9.53 Å². The van der Waals surface area contributed by atoms with E-state index in [9.17, 15) is 4.79 Å². The van der Waals surface area contributed by atoms with Gasteiger partial charge in [-0.2, -0.15) is 0 Å². The van der Waals surface area contributed by atoms with Gasteiger partial charge in [-0.25, -0.2) is 0 Å². The molecule has 0 spiro atoms. The molecule has 2 rings (SSSR count). The first-order valence-corrected chi connectivity index (χ1v) is 8.73. The average Bonchev–Trinajstić information content (AvgIpc) is 2.58. The number of ether oxygens (including phenoxy) is 1. The number of thioether (sulfide) groups is 1. The maximum absolute atomic E-state index is 12.5. The number of hydrogen-bond acceptors (Lipinski definition) is 3. The van der Waals surface area contributed by atoms with Crippen LogP contribution in [0.5, 0.6) is 5.75 Å². The lowest BCUT2D eigenvalue weighted by molar-refractivity contribution is -0.130. The zero-order valence-electron chi connectivity index (χ0n) is 13.1. The van der Waals surface area contributed by atoms with Gasteiger partial charge in [-0.05, 0) is 37.1 Å².